The number of ether oxygens (including phenoxy) is 2. The predicted molar refractivity (Wildman–Crippen MR) is 102 cm³/mol. The van der Waals surface area contributed by atoms with Gasteiger partial charge < -0.3 is 9.47 Å². The smallest absolute Gasteiger partial charge is 0.308 e. The van der Waals surface area contributed by atoms with E-state index in [-0.39, 0.29) is 24.0 Å². The average Bonchev–Trinajstić information content (AvgIpc) is 2.69. The molecule has 0 N–H and O–H groups in total. The van der Waals surface area contributed by atoms with E-state index in [4.69, 9.17) is 9.47 Å². The normalized spacial score (nSPS) is 22.9. The Hall–Kier alpha value is -2.18. The summed E-state index contributed by atoms with van der Waals surface area (Å²) in [6.45, 7) is 1.98. The molecule has 144 valence electrons. The zero-order chi connectivity index (χ0) is 19.3. The van der Waals surface area contributed by atoms with Crippen LogP contribution in [0, 0.1) is 0 Å². The molecule has 0 spiro atoms. The van der Waals surface area contributed by atoms with Crippen molar-refractivity contribution in [3.05, 3.63) is 66.2 Å². The van der Waals surface area contributed by atoms with Crippen molar-refractivity contribution in [2.75, 3.05) is 6.61 Å². The molecule has 1 aliphatic heterocycles. The van der Waals surface area contributed by atoms with Crippen LogP contribution >= 0.6 is 0 Å². The summed E-state index contributed by atoms with van der Waals surface area (Å²) in [5.74, 6) is -0.440. The molecule has 3 atom stereocenters. The van der Waals surface area contributed by atoms with Crippen molar-refractivity contribution >= 4 is 15.8 Å². The first-order valence-electron chi connectivity index (χ1n) is 9.17. The third-order valence-electron chi connectivity index (χ3n) is 4.78. The number of hydrogen-bond acceptors (Lipinski definition) is 5. The van der Waals surface area contributed by atoms with Crippen molar-refractivity contribution < 1.29 is 22.7 Å². The third kappa shape index (κ3) is 4.57. The summed E-state index contributed by atoms with van der Waals surface area (Å²) in [4.78, 5) is 12.3. The second-order valence-corrected chi connectivity index (χ2v) is 8.72. The molecule has 3 rings (SSSR count). The molecular formula is C21H24O5S. The first kappa shape index (κ1) is 19.6. The fourth-order valence-electron chi connectivity index (χ4n) is 3.48. The van der Waals surface area contributed by atoms with Gasteiger partial charge in [0.05, 0.1) is 35.4 Å². The lowest BCUT2D eigenvalue weighted by Crippen LogP contribution is -2.42. The van der Waals surface area contributed by atoms with Gasteiger partial charge in [0.15, 0.2) is 9.84 Å². The Bertz CT molecular complexity index is 849. The molecule has 2 aromatic carbocycles. The lowest BCUT2D eigenvalue weighted by Gasteiger charge is -2.36. The monoisotopic (exact) mass is 388 g/mol. The van der Waals surface area contributed by atoms with Gasteiger partial charge >= 0.3 is 5.97 Å². The van der Waals surface area contributed by atoms with Gasteiger partial charge in [-0.1, -0.05) is 48.5 Å². The SMILES string of the molecule is CCOC(=O)CC1O[C@@H](c2ccccc2)CC[C@@H]1S(=O)(=O)c1ccccc1. The zero-order valence-electron chi connectivity index (χ0n) is 15.3. The molecule has 0 aromatic heterocycles. The first-order chi connectivity index (χ1) is 13.0. The van der Waals surface area contributed by atoms with Crippen LogP contribution in [0.3, 0.4) is 0 Å². The van der Waals surface area contributed by atoms with Gasteiger partial charge in [-0.2, -0.15) is 0 Å². The Morgan fingerprint density at radius 2 is 1.67 bits per heavy atom. The Morgan fingerprint density at radius 3 is 2.30 bits per heavy atom. The van der Waals surface area contributed by atoms with Gasteiger partial charge in [0.1, 0.15) is 0 Å². The van der Waals surface area contributed by atoms with Gasteiger partial charge in [0.2, 0.25) is 0 Å². The zero-order valence-corrected chi connectivity index (χ0v) is 16.1. The molecule has 27 heavy (non-hydrogen) atoms. The average molecular weight is 388 g/mol. The van der Waals surface area contributed by atoms with Gasteiger partial charge in [0, 0.05) is 0 Å². The molecule has 5 nitrogen and oxygen atoms in total. The number of hydrogen-bond donors (Lipinski definition) is 0. The van der Waals surface area contributed by atoms with Crippen molar-refractivity contribution in [1.82, 2.24) is 0 Å². The molecule has 0 aliphatic carbocycles. The van der Waals surface area contributed by atoms with Crippen LogP contribution in [-0.4, -0.2) is 32.3 Å². The van der Waals surface area contributed by atoms with E-state index < -0.39 is 27.2 Å². The molecule has 0 saturated carbocycles. The lowest BCUT2D eigenvalue weighted by atomic mass is 9.96. The summed E-state index contributed by atoms with van der Waals surface area (Å²) >= 11 is 0. The highest BCUT2D eigenvalue weighted by Gasteiger charge is 2.41. The number of carbonyl (C=O) groups is 1. The largest absolute Gasteiger partial charge is 0.466 e. The maximum Gasteiger partial charge on any atom is 0.308 e. The van der Waals surface area contributed by atoms with Crippen LogP contribution in [0.1, 0.15) is 37.9 Å². The number of rotatable bonds is 6. The Balaban J connectivity index is 1.87. The summed E-state index contributed by atoms with van der Waals surface area (Å²) < 4.78 is 37.5. The van der Waals surface area contributed by atoms with Crippen LogP contribution < -0.4 is 0 Å². The molecule has 6 heteroatoms. The summed E-state index contributed by atoms with van der Waals surface area (Å²) in [5, 5.41) is -0.774. The summed E-state index contributed by atoms with van der Waals surface area (Å²) in [5.41, 5.74) is 0.988. The van der Waals surface area contributed by atoms with E-state index in [1.165, 1.54) is 0 Å². The molecule has 1 fully saturated rings. The highest BCUT2D eigenvalue weighted by molar-refractivity contribution is 7.92. The summed E-state index contributed by atoms with van der Waals surface area (Å²) in [6.07, 6.45) is -0.0319. The number of sulfone groups is 1. The van der Waals surface area contributed by atoms with E-state index in [0.29, 0.717) is 12.8 Å². The van der Waals surface area contributed by atoms with Crippen LogP contribution in [0.15, 0.2) is 65.6 Å². The molecule has 1 heterocycles. The number of benzene rings is 2. The molecule has 0 amide bonds. The standard InChI is InChI=1S/C21H24O5S/c1-2-25-21(22)15-19-20(27(23,24)17-11-7-4-8-12-17)14-13-18(26-19)16-9-5-3-6-10-16/h3-12,18-20H,2,13-15H2,1H3/t18-,19?,20+/m1/s1. The quantitative estimate of drug-likeness (QED) is 0.706. The van der Waals surface area contributed by atoms with Crippen molar-refractivity contribution in [2.45, 2.75) is 48.5 Å². The summed E-state index contributed by atoms with van der Waals surface area (Å²) in [7, 11) is -3.61. The van der Waals surface area contributed by atoms with Gasteiger partial charge in [-0.3, -0.25) is 4.79 Å². The molecule has 1 saturated heterocycles. The molecule has 0 bridgehead atoms. The van der Waals surface area contributed by atoms with E-state index in [0.717, 1.165) is 5.56 Å². The first-order valence-corrected chi connectivity index (χ1v) is 10.7. The van der Waals surface area contributed by atoms with Crippen molar-refractivity contribution in [1.29, 1.82) is 0 Å². The molecule has 1 aliphatic rings. The molecule has 2 aromatic rings. The van der Waals surface area contributed by atoms with Gasteiger partial charge in [0.25, 0.3) is 0 Å². The predicted octanol–water partition coefficient (Wildman–Crippen LogP) is 3.70. The van der Waals surface area contributed by atoms with Crippen molar-refractivity contribution in [2.24, 2.45) is 0 Å². The van der Waals surface area contributed by atoms with Crippen molar-refractivity contribution in [3.8, 4) is 0 Å². The molecule has 0 radical (unpaired) electrons. The van der Waals surface area contributed by atoms with E-state index in [9.17, 15) is 13.2 Å². The van der Waals surface area contributed by atoms with E-state index in [1.54, 1.807) is 37.3 Å². The second kappa shape index (κ2) is 8.67. The van der Waals surface area contributed by atoms with Crippen LogP contribution in [0.4, 0.5) is 0 Å². The summed E-state index contributed by atoms with van der Waals surface area (Å²) in [6, 6.07) is 18.0. The second-order valence-electron chi connectivity index (χ2n) is 6.56. The van der Waals surface area contributed by atoms with E-state index in [1.807, 2.05) is 30.3 Å². The Kier molecular flexibility index (Phi) is 6.29. The van der Waals surface area contributed by atoms with Crippen LogP contribution in [0.5, 0.6) is 0 Å². The fraction of sp³-hybridized carbons (Fsp3) is 0.381. The Morgan fingerprint density at radius 1 is 1.04 bits per heavy atom. The number of carbonyl (C=O) groups excluding carboxylic acids is 1. The minimum absolute atomic E-state index is 0.0755. The third-order valence-corrected chi connectivity index (χ3v) is 7.05. The number of esters is 1. The van der Waals surface area contributed by atoms with Gasteiger partial charge in [-0.15, -0.1) is 0 Å². The van der Waals surface area contributed by atoms with Crippen LogP contribution in [0.25, 0.3) is 0 Å². The maximum absolute atomic E-state index is 13.1. The van der Waals surface area contributed by atoms with Gasteiger partial charge in [-0.25, -0.2) is 8.42 Å². The highest BCUT2D eigenvalue weighted by atomic mass is 32.2. The maximum atomic E-state index is 13.1. The van der Waals surface area contributed by atoms with Crippen molar-refractivity contribution in [3.63, 3.8) is 0 Å². The minimum atomic E-state index is -3.61. The minimum Gasteiger partial charge on any atom is -0.466 e. The van der Waals surface area contributed by atoms with Crippen LogP contribution in [-0.2, 0) is 24.1 Å². The lowest BCUT2D eigenvalue weighted by molar-refractivity contribution is -0.149. The molecule has 1 unspecified atom stereocenters. The Labute approximate surface area is 160 Å². The fourth-order valence-corrected chi connectivity index (χ4v) is 5.38. The van der Waals surface area contributed by atoms with E-state index >= 15 is 0 Å². The van der Waals surface area contributed by atoms with Crippen LogP contribution in [0.2, 0.25) is 0 Å². The topological polar surface area (TPSA) is 69.7 Å². The highest BCUT2D eigenvalue weighted by Crippen LogP contribution is 2.37. The van der Waals surface area contributed by atoms with Gasteiger partial charge in [-0.05, 0) is 37.5 Å². The van der Waals surface area contributed by atoms with E-state index in [2.05, 4.69) is 0 Å². The molecular weight excluding hydrogens is 364 g/mol.